The second-order valence-corrected chi connectivity index (χ2v) is 7.64. The number of thiazole rings is 1. The summed E-state index contributed by atoms with van der Waals surface area (Å²) in [6, 6.07) is 8.91. The third-order valence-electron chi connectivity index (χ3n) is 4.88. The smallest absolute Gasteiger partial charge is 0.260 e. The maximum absolute atomic E-state index is 14.1. The normalized spacial score (nSPS) is 11.2. The number of nitrogens with zero attached hydrogens (tertiary/aromatic N) is 2. The van der Waals surface area contributed by atoms with Crippen LogP contribution in [0.1, 0.15) is 24.2 Å². The lowest BCUT2D eigenvalue weighted by Crippen LogP contribution is -3.12. The first kappa shape index (κ1) is 21.1. The molecular weight excluding hydrogens is 396 g/mol. The second kappa shape index (κ2) is 9.28. The number of hydrogen-bond donors (Lipinski definition) is 1. The number of rotatable bonds is 8. The van der Waals surface area contributed by atoms with Crippen LogP contribution in [0, 0.1) is 11.6 Å². The van der Waals surface area contributed by atoms with Crippen molar-refractivity contribution in [2.45, 2.75) is 13.8 Å². The number of nitrogens with one attached hydrogen (secondary N) is 1. The van der Waals surface area contributed by atoms with Crippen LogP contribution < -0.4 is 14.5 Å². The molecule has 0 fully saturated rings. The predicted octanol–water partition coefficient (Wildman–Crippen LogP) is 3.15. The standard InChI is InChI=1S/C21H23F2N3O2S/c1-4-25(5-2)9-10-26(20(27)14-7-6-8-16(11-14)28-3)21-24-19-17(23)12-15(22)13-18(19)29-21/h6-8,11-13H,4-5,9-10H2,1-3H3/p+1. The van der Waals surface area contributed by atoms with Gasteiger partial charge in [0, 0.05) is 11.6 Å². The van der Waals surface area contributed by atoms with E-state index in [2.05, 4.69) is 18.8 Å². The van der Waals surface area contributed by atoms with Crippen LogP contribution in [0.15, 0.2) is 36.4 Å². The Labute approximate surface area is 172 Å². The summed E-state index contributed by atoms with van der Waals surface area (Å²) in [5, 5.41) is 0.351. The zero-order chi connectivity index (χ0) is 21.0. The number of quaternary nitrogens is 1. The van der Waals surface area contributed by atoms with Crippen molar-refractivity contribution >= 4 is 32.6 Å². The summed E-state index contributed by atoms with van der Waals surface area (Å²) in [4.78, 5) is 20.5. The Balaban J connectivity index is 2.00. The van der Waals surface area contributed by atoms with Crippen molar-refractivity contribution in [3.8, 4) is 5.75 Å². The first-order valence-corrected chi connectivity index (χ1v) is 10.3. The first-order chi connectivity index (χ1) is 14.0. The minimum absolute atomic E-state index is 0.0741. The average Bonchev–Trinajstić information content (AvgIpc) is 3.15. The Morgan fingerprint density at radius 2 is 1.97 bits per heavy atom. The molecule has 154 valence electrons. The molecule has 0 aliphatic carbocycles. The zero-order valence-corrected chi connectivity index (χ0v) is 17.5. The molecule has 3 rings (SSSR count). The number of halogens is 2. The largest absolute Gasteiger partial charge is 0.497 e. The van der Waals surface area contributed by atoms with Crippen LogP contribution in [0.25, 0.3) is 10.2 Å². The highest BCUT2D eigenvalue weighted by atomic mass is 32.1. The highest BCUT2D eigenvalue weighted by molar-refractivity contribution is 7.22. The molecule has 0 aliphatic heterocycles. The van der Waals surface area contributed by atoms with Gasteiger partial charge in [0.2, 0.25) is 0 Å². The van der Waals surface area contributed by atoms with Gasteiger partial charge < -0.3 is 9.64 Å². The van der Waals surface area contributed by atoms with E-state index in [1.165, 1.54) is 18.1 Å². The fraction of sp³-hybridized carbons (Fsp3) is 0.333. The molecule has 1 N–H and O–H groups in total. The van der Waals surface area contributed by atoms with Gasteiger partial charge >= 0.3 is 0 Å². The minimum atomic E-state index is -0.731. The van der Waals surface area contributed by atoms with E-state index in [0.717, 1.165) is 37.0 Å². The van der Waals surface area contributed by atoms with E-state index < -0.39 is 11.6 Å². The Morgan fingerprint density at radius 1 is 1.21 bits per heavy atom. The summed E-state index contributed by atoms with van der Waals surface area (Å²) < 4.78 is 33.3. The molecule has 1 amide bonds. The van der Waals surface area contributed by atoms with Crippen LogP contribution in [0.5, 0.6) is 5.75 Å². The average molecular weight is 421 g/mol. The molecule has 0 spiro atoms. The molecule has 1 heterocycles. The van der Waals surface area contributed by atoms with E-state index in [0.29, 0.717) is 27.7 Å². The second-order valence-electron chi connectivity index (χ2n) is 6.63. The summed E-state index contributed by atoms with van der Waals surface area (Å²) in [5.41, 5.74) is 0.523. The Hall–Kier alpha value is -2.58. The maximum Gasteiger partial charge on any atom is 0.260 e. The first-order valence-electron chi connectivity index (χ1n) is 9.51. The Kier molecular flexibility index (Phi) is 6.76. The van der Waals surface area contributed by atoms with Gasteiger partial charge in [-0.25, -0.2) is 13.8 Å². The number of benzene rings is 2. The van der Waals surface area contributed by atoms with E-state index in [1.807, 2.05) is 0 Å². The molecule has 0 saturated heterocycles. The monoisotopic (exact) mass is 420 g/mol. The summed E-state index contributed by atoms with van der Waals surface area (Å²) in [6.07, 6.45) is 0. The van der Waals surface area contributed by atoms with Gasteiger partial charge in [-0.2, -0.15) is 0 Å². The molecule has 0 bridgehead atoms. The molecule has 0 unspecified atom stereocenters. The van der Waals surface area contributed by atoms with Gasteiger partial charge in [0.15, 0.2) is 10.9 Å². The van der Waals surface area contributed by atoms with Crippen molar-refractivity contribution in [1.29, 1.82) is 0 Å². The van der Waals surface area contributed by atoms with Gasteiger partial charge in [0.1, 0.15) is 17.1 Å². The topological polar surface area (TPSA) is 46.9 Å². The maximum atomic E-state index is 14.1. The van der Waals surface area contributed by atoms with Crippen LogP contribution in [0.3, 0.4) is 0 Å². The number of ether oxygens (including phenoxy) is 1. The van der Waals surface area contributed by atoms with Crippen molar-refractivity contribution < 1.29 is 23.2 Å². The zero-order valence-electron chi connectivity index (χ0n) is 16.7. The Bertz CT molecular complexity index is 1000. The molecule has 3 aromatic rings. The molecule has 0 radical (unpaired) electrons. The Morgan fingerprint density at radius 3 is 2.66 bits per heavy atom. The van der Waals surface area contributed by atoms with Crippen LogP contribution in [-0.2, 0) is 0 Å². The van der Waals surface area contributed by atoms with Crippen molar-refractivity contribution in [2.75, 3.05) is 38.2 Å². The van der Waals surface area contributed by atoms with Crippen LogP contribution in [0.4, 0.5) is 13.9 Å². The molecule has 5 nitrogen and oxygen atoms in total. The lowest BCUT2D eigenvalue weighted by atomic mass is 10.2. The summed E-state index contributed by atoms with van der Waals surface area (Å²) in [5.74, 6) is -1.08. The molecule has 0 aliphatic rings. The fourth-order valence-corrected chi connectivity index (χ4v) is 4.16. The van der Waals surface area contributed by atoms with Gasteiger partial charge in [-0.3, -0.25) is 9.69 Å². The number of amides is 1. The lowest BCUT2D eigenvalue weighted by molar-refractivity contribution is -0.894. The highest BCUT2D eigenvalue weighted by Gasteiger charge is 2.24. The van der Waals surface area contributed by atoms with Crippen molar-refractivity contribution in [3.05, 3.63) is 53.6 Å². The van der Waals surface area contributed by atoms with Gasteiger partial charge in [-0.1, -0.05) is 17.4 Å². The van der Waals surface area contributed by atoms with Crippen LogP contribution in [0.2, 0.25) is 0 Å². The highest BCUT2D eigenvalue weighted by Crippen LogP contribution is 2.32. The number of methoxy groups -OCH3 is 1. The van der Waals surface area contributed by atoms with Crippen molar-refractivity contribution in [3.63, 3.8) is 0 Å². The molecule has 0 saturated carbocycles. The van der Waals surface area contributed by atoms with E-state index in [1.54, 1.807) is 29.2 Å². The van der Waals surface area contributed by atoms with Gasteiger partial charge in [0.05, 0.1) is 38.0 Å². The number of anilines is 1. The van der Waals surface area contributed by atoms with E-state index in [9.17, 15) is 13.6 Å². The number of likely N-dealkylation sites (N-methyl/N-ethyl adjacent to an activating group) is 1. The summed E-state index contributed by atoms with van der Waals surface area (Å²) in [7, 11) is 1.54. The van der Waals surface area contributed by atoms with Gasteiger partial charge in [-0.05, 0) is 38.1 Å². The quantitative estimate of drug-likeness (QED) is 0.609. The number of hydrogen-bond acceptors (Lipinski definition) is 4. The molecular formula is C21H24F2N3O2S+. The van der Waals surface area contributed by atoms with Gasteiger partial charge in [0.25, 0.3) is 5.91 Å². The minimum Gasteiger partial charge on any atom is -0.497 e. The summed E-state index contributed by atoms with van der Waals surface area (Å²) in [6.45, 7) is 7.16. The van der Waals surface area contributed by atoms with Crippen molar-refractivity contribution in [1.82, 2.24) is 4.98 Å². The van der Waals surface area contributed by atoms with E-state index >= 15 is 0 Å². The third kappa shape index (κ3) is 4.71. The fourth-order valence-electron chi connectivity index (χ4n) is 3.13. The SMILES string of the molecule is CC[NH+](CC)CCN(C(=O)c1cccc(OC)c1)c1nc2c(F)cc(F)cc2s1. The van der Waals surface area contributed by atoms with E-state index in [-0.39, 0.29) is 11.4 Å². The van der Waals surface area contributed by atoms with Crippen molar-refractivity contribution in [2.24, 2.45) is 0 Å². The third-order valence-corrected chi connectivity index (χ3v) is 5.91. The molecule has 29 heavy (non-hydrogen) atoms. The number of carbonyl (C=O) groups is 1. The number of carbonyl (C=O) groups excluding carboxylic acids is 1. The molecule has 8 heteroatoms. The van der Waals surface area contributed by atoms with Gasteiger partial charge in [-0.15, -0.1) is 0 Å². The predicted molar refractivity (Wildman–Crippen MR) is 111 cm³/mol. The lowest BCUT2D eigenvalue weighted by Gasteiger charge is -2.23. The molecule has 1 aromatic heterocycles. The molecule has 2 aromatic carbocycles. The number of aromatic nitrogens is 1. The number of fused-ring (bicyclic) bond motifs is 1. The molecule has 0 atom stereocenters. The van der Waals surface area contributed by atoms with Crippen LogP contribution in [-0.4, -0.2) is 44.2 Å². The summed E-state index contributed by atoms with van der Waals surface area (Å²) >= 11 is 1.11. The van der Waals surface area contributed by atoms with E-state index in [4.69, 9.17) is 4.74 Å². The van der Waals surface area contributed by atoms with Crippen LogP contribution >= 0.6 is 11.3 Å².